The second-order valence-corrected chi connectivity index (χ2v) is 10.5. The fraction of sp³-hybridized carbons (Fsp3) is 0.444. The number of hydrogen-bond acceptors (Lipinski definition) is 1. The molecule has 2 fully saturated rings. The molecular weight excluding hydrogens is 260 g/mol. The van der Waals surface area contributed by atoms with Gasteiger partial charge < -0.3 is 4.43 Å². The first-order valence-electron chi connectivity index (χ1n) is 8.00. The number of benzene rings is 2. The summed E-state index contributed by atoms with van der Waals surface area (Å²) >= 11 is 0. The monoisotopic (exact) mass is 282 g/mol. The summed E-state index contributed by atoms with van der Waals surface area (Å²) in [6, 6.07) is 18.6. The Hall–Kier alpha value is -1.12. The van der Waals surface area contributed by atoms with Crippen LogP contribution in [0.5, 0.6) is 0 Å². The maximum absolute atomic E-state index is 6.40. The van der Waals surface area contributed by atoms with E-state index in [-0.39, 0.29) is 0 Å². The number of fused-ring (bicyclic) bond motifs is 1. The van der Waals surface area contributed by atoms with E-state index in [1.54, 1.807) is 5.56 Å². The summed E-state index contributed by atoms with van der Waals surface area (Å²) in [7, 11) is -1.48. The predicted molar refractivity (Wildman–Crippen MR) is 86.5 cm³/mol. The molecule has 2 aromatic carbocycles. The third-order valence-electron chi connectivity index (χ3n) is 5.31. The summed E-state index contributed by atoms with van der Waals surface area (Å²) < 4.78 is 6.40. The Morgan fingerprint density at radius 2 is 1.70 bits per heavy atom. The Morgan fingerprint density at radius 1 is 0.900 bits per heavy atom. The Labute approximate surface area is 122 Å². The van der Waals surface area contributed by atoms with Crippen LogP contribution < -0.4 is 0 Å². The lowest BCUT2D eigenvalue weighted by molar-refractivity contribution is 0.334. The van der Waals surface area contributed by atoms with Crippen molar-refractivity contribution in [3.8, 4) is 0 Å². The first-order chi connectivity index (χ1) is 9.87. The van der Waals surface area contributed by atoms with E-state index in [1.165, 1.54) is 48.5 Å². The van der Waals surface area contributed by atoms with Crippen LogP contribution in [-0.2, 0) is 4.43 Å². The lowest BCUT2D eigenvalue weighted by Gasteiger charge is -2.35. The van der Waals surface area contributed by atoms with Crippen LogP contribution in [0.4, 0.5) is 0 Å². The van der Waals surface area contributed by atoms with Crippen molar-refractivity contribution in [3.63, 3.8) is 0 Å². The highest BCUT2D eigenvalue weighted by molar-refractivity contribution is 6.76. The first-order valence-corrected chi connectivity index (χ1v) is 10.4. The number of hydrogen-bond donors (Lipinski definition) is 0. The molecule has 0 N–H and O–H groups in total. The average molecular weight is 282 g/mol. The third kappa shape index (κ3) is 2.02. The van der Waals surface area contributed by atoms with Gasteiger partial charge >= 0.3 is 0 Å². The van der Waals surface area contributed by atoms with Crippen LogP contribution in [-0.4, -0.2) is 14.9 Å². The van der Waals surface area contributed by atoms with E-state index >= 15 is 0 Å². The highest BCUT2D eigenvalue weighted by Crippen LogP contribution is 2.46. The second-order valence-electron chi connectivity index (χ2n) is 6.42. The second kappa shape index (κ2) is 5.01. The maximum atomic E-state index is 6.40. The van der Waals surface area contributed by atoms with Crippen LogP contribution in [0.3, 0.4) is 0 Å². The molecule has 4 rings (SSSR count). The fourth-order valence-corrected chi connectivity index (χ4v) is 9.37. The van der Waals surface area contributed by atoms with Gasteiger partial charge in [-0.2, -0.15) is 0 Å². The van der Waals surface area contributed by atoms with Gasteiger partial charge in [-0.3, -0.25) is 0 Å². The quantitative estimate of drug-likeness (QED) is 0.668. The molecule has 2 saturated heterocycles. The van der Waals surface area contributed by atoms with Gasteiger partial charge in [0.2, 0.25) is 0 Å². The zero-order valence-corrected chi connectivity index (χ0v) is 13.0. The predicted octanol–water partition coefficient (Wildman–Crippen LogP) is 5.01. The largest absolute Gasteiger partial charge is 0.416 e. The zero-order chi connectivity index (χ0) is 13.4. The third-order valence-corrected chi connectivity index (χ3v) is 10.4. The Morgan fingerprint density at radius 3 is 2.55 bits per heavy atom. The van der Waals surface area contributed by atoms with Gasteiger partial charge in [-0.15, -0.1) is 0 Å². The maximum Gasteiger partial charge on any atom is 0.200 e. The van der Waals surface area contributed by atoms with Crippen molar-refractivity contribution in [2.75, 3.05) is 6.61 Å². The molecule has 0 aliphatic carbocycles. The molecule has 0 unspecified atom stereocenters. The van der Waals surface area contributed by atoms with Crippen LogP contribution in [0.1, 0.15) is 36.8 Å². The number of rotatable bonds is 1. The summed E-state index contributed by atoms with van der Waals surface area (Å²) in [6.45, 7) is 1.00. The fourth-order valence-electron chi connectivity index (χ4n) is 4.28. The molecule has 2 heterocycles. The van der Waals surface area contributed by atoms with E-state index in [0.29, 0.717) is 0 Å². The van der Waals surface area contributed by atoms with Gasteiger partial charge in [-0.1, -0.05) is 61.7 Å². The van der Waals surface area contributed by atoms with Gasteiger partial charge in [0.1, 0.15) is 0 Å². The van der Waals surface area contributed by atoms with E-state index in [0.717, 1.165) is 12.1 Å². The molecule has 0 radical (unpaired) electrons. The molecule has 2 heteroatoms. The van der Waals surface area contributed by atoms with Crippen LogP contribution in [0.15, 0.2) is 42.5 Å². The molecular formula is C18H22OSi. The van der Waals surface area contributed by atoms with Crippen molar-refractivity contribution in [1.82, 2.24) is 0 Å². The van der Waals surface area contributed by atoms with Gasteiger partial charge in [-0.25, -0.2) is 0 Å². The molecule has 0 aromatic heterocycles. The molecule has 2 aliphatic rings. The van der Waals surface area contributed by atoms with Crippen molar-refractivity contribution in [2.45, 2.75) is 43.3 Å². The van der Waals surface area contributed by atoms with E-state index in [1.807, 2.05) is 0 Å². The van der Waals surface area contributed by atoms with Gasteiger partial charge in [0.05, 0.1) is 0 Å². The minimum Gasteiger partial charge on any atom is -0.416 e. The Balaban J connectivity index is 1.73. The van der Waals surface area contributed by atoms with Crippen molar-refractivity contribution in [2.24, 2.45) is 0 Å². The first kappa shape index (κ1) is 12.6. The molecule has 1 atom stereocenters. The smallest absolute Gasteiger partial charge is 0.200 e. The lowest BCUT2D eigenvalue weighted by Crippen LogP contribution is -2.41. The van der Waals surface area contributed by atoms with Gasteiger partial charge in [0.15, 0.2) is 8.32 Å². The zero-order valence-electron chi connectivity index (χ0n) is 12.0. The molecule has 0 bridgehead atoms. The normalized spacial score (nSPS) is 25.3. The van der Waals surface area contributed by atoms with E-state index in [4.69, 9.17) is 4.43 Å². The minimum atomic E-state index is -1.48. The highest BCUT2D eigenvalue weighted by atomic mass is 28.4. The highest BCUT2D eigenvalue weighted by Gasteiger charge is 2.48. The Kier molecular flexibility index (Phi) is 3.16. The molecule has 2 aromatic rings. The molecule has 0 saturated carbocycles. The van der Waals surface area contributed by atoms with E-state index < -0.39 is 8.32 Å². The van der Waals surface area contributed by atoms with Crippen molar-refractivity contribution >= 4 is 19.1 Å². The van der Waals surface area contributed by atoms with E-state index in [2.05, 4.69) is 42.5 Å². The standard InChI is InChI=1S/C18H22OSi/c1-4-12-20(13-5-1)18(10-11-19-20)17-9-8-15-6-2-3-7-16(15)14-17/h2-3,6-9,14,18H,1,4-5,10-13H2/t18-/m1/s1. The summed E-state index contributed by atoms with van der Waals surface area (Å²) in [5.74, 6) is 0. The molecule has 1 nitrogen and oxygen atoms in total. The molecule has 2 aliphatic heterocycles. The van der Waals surface area contributed by atoms with Crippen LogP contribution in [0.2, 0.25) is 12.1 Å². The van der Waals surface area contributed by atoms with Crippen LogP contribution in [0.25, 0.3) is 10.8 Å². The SMILES string of the molecule is c1ccc2cc([C@H]3CCO[Si]34CCCCC4)ccc2c1. The van der Waals surface area contributed by atoms with Crippen LogP contribution in [0, 0.1) is 0 Å². The molecule has 1 spiro atoms. The summed E-state index contributed by atoms with van der Waals surface area (Å²) in [4.78, 5) is 0. The summed E-state index contributed by atoms with van der Waals surface area (Å²) in [6.07, 6.45) is 5.47. The van der Waals surface area contributed by atoms with Gasteiger partial charge in [-0.05, 0) is 34.8 Å². The van der Waals surface area contributed by atoms with Gasteiger partial charge in [0.25, 0.3) is 0 Å². The van der Waals surface area contributed by atoms with Crippen molar-refractivity contribution in [1.29, 1.82) is 0 Å². The average Bonchev–Trinajstić information content (AvgIpc) is 2.90. The lowest BCUT2D eigenvalue weighted by atomic mass is 10.0. The minimum absolute atomic E-state index is 0.743. The Bertz CT molecular complexity index is 616. The molecule has 20 heavy (non-hydrogen) atoms. The van der Waals surface area contributed by atoms with Gasteiger partial charge in [0, 0.05) is 12.1 Å². The van der Waals surface area contributed by atoms with Crippen LogP contribution >= 0.6 is 0 Å². The van der Waals surface area contributed by atoms with Crippen molar-refractivity contribution < 1.29 is 4.43 Å². The summed E-state index contributed by atoms with van der Waals surface area (Å²) in [5, 5.41) is 2.74. The topological polar surface area (TPSA) is 9.23 Å². The molecule has 0 amide bonds. The van der Waals surface area contributed by atoms with E-state index in [9.17, 15) is 0 Å². The summed E-state index contributed by atoms with van der Waals surface area (Å²) in [5.41, 5.74) is 2.29. The van der Waals surface area contributed by atoms with Crippen molar-refractivity contribution in [3.05, 3.63) is 48.0 Å². The molecule has 104 valence electrons.